The first-order valence-electron chi connectivity index (χ1n) is 9.98. The summed E-state index contributed by atoms with van der Waals surface area (Å²) < 4.78 is 7.95. The molecule has 5 N–H and O–H groups in total. The number of benzene rings is 2. The molecule has 0 radical (unpaired) electrons. The lowest BCUT2D eigenvalue weighted by Crippen LogP contribution is -2.27. The molecule has 0 unspecified atom stereocenters. The fourth-order valence-corrected chi connectivity index (χ4v) is 3.45. The summed E-state index contributed by atoms with van der Waals surface area (Å²) >= 11 is 5.87. The lowest BCUT2D eigenvalue weighted by Gasteiger charge is -2.10. The third-order valence-electron chi connectivity index (χ3n) is 4.89. The van der Waals surface area contributed by atoms with E-state index in [0.717, 1.165) is 22.3 Å². The van der Waals surface area contributed by atoms with E-state index in [0.29, 0.717) is 19.0 Å². The van der Waals surface area contributed by atoms with Crippen molar-refractivity contribution in [1.82, 2.24) is 24.8 Å². The Kier molecular flexibility index (Phi) is 6.09. The number of fused-ring (bicyclic) bond motifs is 1. The number of hydrogen-bond acceptors (Lipinski definition) is 7. The zero-order chi connectivity index (χ0) is 22.7. The number of carbonyl (C=O) groups excluding carboxylic acids is 1. The molecule has 0 atom stereocenters. The van der Waals surface area contributed by atoms with E-state index in [2.05, 4.69) is 20.3 Å². The average Bonchev–Trinajstić information content (AvgIpc) is 3.15. The van der Waals surface area contributed by atoms with Crippen LogP contribution in [0.15, 0.2) is 48.5 Å². The van der Waals surface area contributed by atoms with Gasteiger partial charge in [-0.05, 0) is 24.6 Å². The molecule has 4 aromatic rings. The second kappa shape index (κ2) is 9.11. The first-order chi connectivity index (χ1) is 15.5. The van der Waals surface area contributed by atoms with Crippen LogP contribution < -0.4 is 21.5 Å². The van der Waals surface area contributed by atoms with Gasteiger partial charge in [-0.2, -0.15) is 0 Å². The van der Waals surface area contributed by atoms with Gasteiger partial charge in [0.25, 0.3) is 5.91 Å². The smallest absolute Gasteiger partial charge is 0.274 e. The zero-order valence-electron chi connectivity index (χ0n) is 17.4. The molecule has 1 amide bonds. The predicted octanol–water partition coefficient (Wildman–Crippen LogP) is 3.17. The summed E-state index contributed by atoms with van der Waals surface area (Å²) in [6.07, 6.45) is 0. The molecular formula is C22H22ClN7O2. The Morgan fingerprint density at radius 2 is 1.88 bits per heavy atom. The monoisotopic (exact) mass is 451 g/mol. The number of amides is 1. The number of aryl methyl sites for hydroxylation is 1. The molecule has 0 aliphatic rings. The number of nitrogens with zero attached hydrogens (tertiary/aromatic N) is 4. The minimum atomic E-state index is -0.515. The summed E-state index contributed by atoms with van der Waals surface area (Å²) in [6, 6.07) is 15.7. The second-order valence-corrected chi connectivity index (χ2v) is 7.37. The molecule has 0 bridgehead atoms. The van der Waals surface area contributed by atoms with Gasteiger partial charge < -0.3 is 26.1 Å². The van der Waals surface area contributed by atoms with Crippen LogP contribution >= 0.6 is 11.6 Å². The molecular weight excluding hydrogens is 430 g/mol. The van der Waals surface area contributed by atoms with Crippen LogP contribution in [0.2, 0.25) is 5.15 Å². The van der Waals surface area contributed by atoms with Crippen LogP contribution in [-0.2, 0) is 19.7 Å². The largest absolute Gasteiger partial charge is 0.489 e. The fourth-order valence-electron chi connectivity index (χ4n) is 3.32. The van der Waals surface area contributed by atoms with E-state index in [1.54, 1.807) is 0 Å². The van der Waals surface area contributed by atoms with Crippen molar-refractivity contribution < 1.29 is 9.53 Å². The van der Waals surface area contributed by atoms with Crippen LogP contribution in [0.3, 0.4) is 0 Å². The third-order valence-corrected chi connectivity index (χ3v) is 5.17. The quantitative estimate of drug-likeness (QED) is 0.392. The molecule has 0 saturated heterocycles. The van der Waals surface area contributed by atoms with Crippen LogP contribution in [0.5, 0.6) is 5.75 Å². The van der Waals surface area contributed by atoms with E-state index >= 15 is 0 Å². The first-order valence-corrected chi connectivity index (χ1v) is 10.4. The van der Waals surface area contributed by atoms with Crippen molar-refractivity contribution >= 4 is 40.2 Å². The van der Waals surface area contributed by atoms with Gasteiger partial charge in [0.1, 0.15) is 18.2 Å². The number of halogens is 1. The summed E-state index contributed by atoms with van der Waals surface area (Å²) in [5.74, 6) is 0.793. The number of carbonyl (C=O) groups is 1. The van der Waals surface area contributed by atoms with E-state index in [4.69, 9.17) is 27.8 Å². The second-order valence-electron chi connectivity index (χ2n) is 7.01. The van der Waals surface area contributed by atoms with Gasteiger partial charge in [0.05, 0.1) is 17.6 Å². The van der Waals surface area contributed by atoms with Gasteiger partial charge in [0, 0.05) is 12.6 Å². The van der Waals surface area contributed by atoms with Crippen LogP contribution in [0.4, 0.5) is 11.6 Å². The van der Waals surface area contributed by atoms with Gasteiger partial charge in [-0.15, -0.1) is 0 Å². The van der Waals surface area contributed by atoms with Crippen molar-refractivity contribution in [3.8, 4) is 5.75 Å². The van der Waals surface area contributed by atoms with Crippen LogP contribution in [0, 0.1) is 0 Å². The highest BCUT2D eigenvalue weighted by atomic mass is 35.5. The van der Waals surface area contributed by atoms with E-state index in [1.807, 2.05) is 60.0 Å². The normalized spacial score (nSPS) is 10.9. The summed E-state index contributed by atoms with van der Waals surface area (Å²) in [5.41, 5.74) is 14.0. The molecule has 2 aromatic carbocycles. The van der Waals surface area contributed by atoms with E-state index in [1.165, 1.54) is 0 Å². The molecule has 0 aliphatic heterocycles. The molecule has 0 aliphatic carbocycles. The van der Waals surface area contributed by atoms with Gasteiger partial charge >= 0.3 is 0 Å². The molecule has 2 heterocycles. The molecule has 0 fully saturated rings. The van der Waals surface area contributed by atoms with Crippen molar-refractivity contribution in [1.29, 1.82) is 0 Å². The lowest BCUT2D eigenvalue weighted by molar-refractivity contribution is 0.0945. The third kappa shape index (κ3) is 4.42. The summed E-state index contributed by atoms with van der Waals surface area (Å²) in [4.78, 5) is 24.9. The number of aromatic nitrogens is 4. The van der Waals surface area contributed by atoms with Gasteiger partial charge in [-0.25, -0.2) is 15.0 Å². The highest BCUT2D eigenvalue weighted by molar-refractivity contribution is 6.31. The van der Waals surface area contributed by atoms with Gasteiger partial charge in [0.2, 0.25) is 0 Å². The van der Waals surface area contributed by atoms with E-state index in [9.17, 15) is 4.79 Å². The molecule has 9 nitrogen and oxygen atoms in total. The van der Waals surface area contributed by atoms with Crippen molar-refractivity contribution in [2.75, 3.05) is 11.5 Å². The minimum absolute atomic E-state index is 0.0289. The van der Waals surface area contributed by atoms with Crippen LogP contribution in [0.25, 0.3) is 11.0 Å². The molecule has 0 spiro atoms. The summed E-state index contributed by atoms with van der Waals surface area (Å²) in [7, 11) is 0. The lowest BCUT2D eigenvalue weighted by atomic mass is 10.2. The van der Waals surface area contributed by atoms with Crippen molar-refractivity contribution in [2.45, 2.75) is 26.6 Å². The Hall–Kier alpha value is -3.85. The average molecular weight is 452 g/mol. The van der Waals surface area contributed by atoms with E-state index in [-0.39, 0.29) is 29.0 Å². The number of anilines is 2. The maximum Gasteiger partial charge on any atom is 0.274 e. The highest BCUT2D eigenvalue weighted by Crippen LogP contribution is 2.23. The van der Waals surface area contributed by atoms with Gasteiger partial charge in [0.15, 0.2) is 22.5 Å². The summed E-state index contributed by atoms with van der Waals surface area (Å²) in [5, 5.41) is 2.69. The SMILES string of the molecule is CCn1c(CNC(=O)c2nc(Cl)c(N)nc2N)nc2ccc(OCc3ccccc3)cc21. The van der Waals surface area contributed by atoms with Crippen molar-refractivity contribution in [3.05, 3.63) is 70.8 Å². The first kappa shape index (κ1) is 21.4. The molecule has 32 heavy (non-hydrogen) atoms. The topological polar surface area (TPSA) is 134 Å². The van der Waals surface area contributed by atoms with Crippen molar-refractivity contribution in [2.24, 2.45) is 0 Å². The van der Waals surface area contributed by atoms with Gasteiger partial charge in [-0.3, -0.25) is 4.79 Å². The molecule has 2 aromatic heterocycles. The Morgan fingerprint density at radius 1 is 1.09 bits per heavy atom. The molecule has 0 saturated carbocycles. The van der Waals surface area contributed by atoms with E-state index < -0.39 is 5.91 Å². The van der Waals surface area contributed by atoms with Gasteiger partial charge in [-0.1, -0.05) is 41.9 Å². The molecule has 164 valence electrons. The Bertz CT molecular complexity index is 1270. The zero-order valence-corrected chi connectivity index (χ0v) is 18.1. The Balaban J connectivity index is 1.51. The number of imidazole rings is 1. The Labute approximate surface area is 189 Å². The maximum absolute atomic E-state index is 12.5. The Morgan fingerprint density at radius 3 is 2.62 bits per heavy atom. The highest BCUT2D eigenvalue weighted by Gasteiger charge is 2.17. The molecule has 10 heteroatoms. The fraction of sp³-hybridized carbons (Fsp3) is 0.182. The van der Waals surface area contributed by atoms with Crippen LogP contribution in [0.1, 0.15) is 28.8 Å². The summed E-state index contributed by atoms with van der Waals surface area (Å²) in [6.45, 7) is 3.32. The number of rotatable bonds is 7. The van der Waals surface area contributed by atoms with Crippen LogP contribution in [-0.4, -0.2) is 25.4 Å². The minimum Gasteiger partial charge on any atom is -0.489 e. The number of nitrogens with two attached hydrogens (primary N) is 2. The maximum atomic E-state index is 12.5. The number of nitrogens with one attached hydrogen (secondary N) is 1. The standard InChI is InChI=1S/C22H22ClN7O2/c1-2-30-16-10-14(32-12-13-6-4-3-5-7-13)8-9-15(16)27-17(30)11-26-22(31)18-20(24)29-21(25)19(23)28-18/h3-10H,2,11-12H2,1H3,(H,26,31)(H4,24,25,29). The predicted molar refractivity (Wildman–Crippen MR) is 123 cm³/mol. The van der Waals surface area contributed by atoms with Crippen molar-refractivity contribution in [3.63, 3.8) is 0 Å². The number of nitrogen functional groups attached to an aromatic ring is 2. The molecule has 4 rings (SSSR count). The number of ether oxygens (including phenoxy) is 1. The number of hydrogen-bond donors (Lipinski definition) is 3.